The van der Waals surface area contributed by atoms with Crippen molar-refractivity contribution in [3.63, 3.8) is 0 Å². The molecular weight excluding hydrogens is 226 g/mol. The Hall–Kier alpha value is -0.160. The van der Waals surface area contributed by atoms with E-state index in [0.29, 0.717) is 12.1 Å². The van der Waals surface area contributed by atoms with Crippen molar-refractivity contribution in [2.75, 3.05) is 52.9 Å². The van der Waals surface area contributed by atoms with E-state index in [-0.39, 0.29) is 0 Å². The molecular formula is C14H29N3O. The van der Waals surface area contributed by atoms with Crippen LogP contribution in [-0.2, 0) is 4.74 Å². The Morgan fingerprint density at radius 3 is 2.94 bits per heavy atom. The van der Waals surface area contributed by atoms with Gasteiger partial charge in [-0.15, -0.1) is 0 Å². The number of hydrogen-bond acceptors (Lipinski definition) is 4. The summed E-state index contributed by atoms with van der Waals surface area (Å²) in [6.45, 7) is 10.0. The molecule has 106 valence electrons. The van der Waals surface area contributed by atoms with Crippen molar-refractivity contribution in [1.82, 2.24) is 15.1 Å². The second-order valence-electron chi connectivity index (χ2n) is 5.81. The topological polar surface area (TPSA) is 27.7 Å². The fraction of sp³-hybridized carbons (Fsp3) is 1.00. The molecule has 1 N–H and O–H groups in total. The largest absolute Gasteiger partial charge is 0.374 e. The Morgan fingerprint density at radius 2 is 2.28 bits per heavy atom. The summed E-state index contributed by atoms with van der Waals surface area (Å²) in [6, 6.07) is 0.706. The molecule has 2 aliphatic heterocycles. The first-order chi connectivity index (χ1) is 8.78. The van der Waals surface area contributed by atoms with Crippen molar-refractivity contribution in [3.05, 3.63) is 0 Å². The second kappa shape index (κ2) is 7.43. The number of nitrogens with one attached hydrogen (secondary N) is 1. The summed E-state index contributed by atoms with van der Waals surface area (Å²) in [5, 5.41) is 3.60. The van der Waals surface area contributed by atoms with Crippen molar-refractivity contribution in [2.45, 2.75) is 38.3 Å². The Bertz CT molecular complexity index is 231. The molecule has 2 unspecified atom stereocenters. The highest BCUT2D eigenvalue weighted by Crippen LogP contribution is 2.10. The van der Waals surface area contributed by atoms with E-state index in [1.165, 1.54) is 38.9 Å². The second-order valence-corrected chi connectivity index (χ2v) is 5.81. The predicted molar refractivity (Wildman–Crippen MR) is 75.0 cm³/mol. The van der Waals surface area contributed by atoms with Crippen molar-refractivity contribution in [1.29, 1.82) is 0 Å². The smallest absolute Gasteiger partial charge is 0.0829 e. The van der Waals surface area contributed by atoms with Gasteiger partial charge in [0.15, 0.2) is 0 Å². The molecule has 18 heavy (non-hydrogen) atoms. The van der Waals surface area contributed by atoms with Crippen molar-refractivity contribution in [2.24, 2.45) is 0 Å². The zero-order chi connectivity index (χ0) is 12.8. The van der Waals surface area contributed by atoms with Gasteiger partial charge in [0, 0.05) is 32.2 Å². The van der Waals surface area contributed by atoms with E-state index < -0.39 is 0 Å². The van der Waals surface area contributed by atoms with Gasteiger partial charge in [-0.25, -0.2) is 0 Å². The molecule has 0 amide bonds. The van der Waals surface area contributed by atoms with Crippen LogP contribution in [0.25, 0.3) is 0 Å². The summed E-state index contributed by atoms with van der Waals surface area (Å²) >= 11 is 0. The quantitative estimate of drug-likeness (QED) is 0.759. The van der Waals surface area contributed by atoms with Crippen molar-refractivity contribution in [3.8, 4) is 0 Å². The minimum atomic E-state index is 0.400. The predicted octanol–water partition coefficient (Wildman–Crippen LogP) is 0.781. The van der Waals surface area contributed by atoms with E-state index in [1.807, 2.05) is 0 Å². The van der Waals surface area contributed by atoms with Gasteiger partial charge in [0.25, 0.3) is 0 Å². The Kier molecular flexibility index (Phi) is 5.89. The maximum absolute atomic E-state index is 5.89. The zero-order valence-corrected chi connectivity index (χ0v) is 12.0. The maximum atomic E-state index is 5.89. The highest BCUT2D eigenvalue weighted by Gasteiger charge is 2.23. The van der Waals surface area contributed by atoms with E-state index >= 15 is 0 Å². The Labute approximate surface area is 112 Å². The van der Waals surface area contributed by atoms with E-state index in [1.54, 1.807) is 0 Å². The lowest BCUT2D eigenvalue weighted by Crippen LogP contribution is -2.48. The van der Waals surface area contributed by atoms with Gasteiger partial charge in [0.1, 0.15) is 0 Å². The fourth-order valence-corrected chi connectivity index (χ4v) is 3.06. The minimum Gasteiger partial charge on any atom is -0.374 e. The third kappa shape index (κ3) is 4.50. The van der Waals surface area contributed by atoms with Crippen LogP contribution in [0.1, 0.15) is 26.2 Å². The summed E-state index contributed by atoms with van der Waals surface area (Å²) in [5.41, 5.74) is 0. The fourth-order valence-electron chi connectivity index (χ4n) is 3.06. The highest BCUT2D eigenvalue weighted by atomic mass is 16.5. The summed E-state index contributed by atoms with van der Waals surface area (Å²) in [6.07, 6.45) is 4.31. The number of hydrogen-bond donors (Lipinski definition) is 1. The van der Waals surface area contributed by atoms with Crippen LogP contribution >= 0.6 is 0 Å². The number of ether oxygens (including phenoxy) is 1. The van der Waals surface area contributed by atoms with Gasteiger partial charge < -0.3 is 15.0 Å². The lowest BCUT2D eigenvalue weighted by Gasteiger charge is -2.34. The molecule has 0 bridgehead atoms. The lowest BCUT2D eigenvalue weighted by molar-refractivity contribution is -0.0363. The van der Waals surface area contributed by atoms with Gasteiger partial charge in [0.2, 0.25) is 0 Å². The van der Waals surface area contributed by atoms with Gasteiger partial charge in [0.05, 0.1) is 12.7 Å². The van der Waals surface area contributed by atoms with Crippen LogP contribution in [0.4, 0.5) is 0 Å². The number of rotatable bonds is 6. The number of morpholine rings is 1. The molecule has 2 saturated heterocycles. The first kappa shape index (κ1) is 14.3. The summed E-state index contributed by atoms with van der Waals surface area (Å²) in [7, 11) is 2.19. The molecule has 2 aliphatic rings. The summed E-state index contributed by atoms with van der Waals surface area (Å²) in [5.74, 6) is 0. The van der Waals surface area contributed by atoms with Gasteiger partial charge >= 0.3 is 0 Å². The summed E-state index contributed by atoms with van der Waals surface area (Å²) < 4.78 is 5.89. The molecule has 4 nitrogen and oxygen atoms in total. The Balaban J connectivity index is 1.76. The van der Waals surface area contributed by atoms with Crippen LogP contribution in [0.5, 0.6) is 0 Å². The molecule has 0 spiro atoms. The molecule has 2 fully saturated rings. The molecule has 0 aromatic carbocycles. The molecule has 2 atom stereocenters. The van der Waals surface area contributed by atoms with Crippen LogP contribution in [0.2, 0.25) is 0 Å². The molecule has 0 aromatic heterocycles. The molecule has 2 rings (SSSR count). The maximum Gasteiger partial charge on any atom is 0.0829 e. The Morgan fingerprint density at radius 1 is 1.39 bits per heavy atom. The average Bonchev–Trinajstić information content (AvgIpc) is 2.82. The SMILES string of the molecule is CCCN(CC1CCCN1)CC1CN(C)CCO1. The molecule has 0 aliphatic carbocycles. The summed E-state index contributed by atoms with van der Waals surface area (Å²) in [4.78, 5) is 4.97. The standard InChI is InChI=1S/C14H29N3O/c1-3-7-17(10-13-5-4-6-15-13)12-14-11-16(2)8-9-18-14/h13-15H,3-12H2,1-2H3. The van der Waals surface area contributed by atoms with Crippen LogP contribution in [0, 0.1) is 0 Å². The van der Waals surface area contributed by atoms with E-state index in [4.69, 9.17) is 4.74 Å². The molecule has 0 aromatic rings. The number of likely N-dealkylation sites (N-methyl/N-ethyl adjacent to an activating group) is 1. The number of nitrogens with zero attached hydrogens (tertiary/aromatic N) is 2. The van der Waals surface area contributed by atoms with Crippen molar-refractivity contribution >= 4 is 0 Å². The third-order valence-electron chi connectivity index (χ3n) is 3.98. The van der Waals surface area contributed by atoms with Gasteiger partial charge in [-0.2, -0.15) is 0 Å². The zero-order valence-electron chi connectivity index (χ0n) is 12.0. The molecule has 4 heteroatoms. The monoisotopic (exact) mass is 255 g/mol. The van der Waals surface area contributed by atoms with Gasteiger partial charge in [-0.1, -0.05) is 6.92 Å². The van der Waals surface area contributed by atoms with Crippen molar-refractivity contribution < 1.29 is 4.74 Å². The first-order valence-electron chi connectivity index (χ1n) is 7.54. The van der Waals surface area contributed by atoms with Crippen LogP contribution in [0.15, 0.2) is 0 Å². The van der Waals surface area contributed by atoms with Crippen LogP contribution in [0.3, 0.4) is 0 Å². The van der Waals surface area contributed by atoms with E-state index in [2.05, 4.69) is 29.1 Å². The highest BCUT2D eigenvalue weighted by molar-refractivity contribution is 4.80. The molecule has 2 heterocycles. The third-order valence-corrected chi connectivity index (χ3v) is 3.98. The van der Waals surface area contributed by atoms with Crippen LogP contribution < -0.4 is 5.32 Å². The first-order valence-corrected chi connectivity index (χ1v) is 7.54. The van der Waals surface area contributed by atoms with Gasteiger partial charge in [-0.05, 0) is 39.4 Å². The van der Waals surface area contributed by atoms with E-state index in [9.17, 15) is 0 Å². The average molecular weight is 255 g/mol. The minimum absolute atomic E-state index is 0.400. The van der Waals surface area contributed by atoms with Gasteiger partial charge in [-0.3, -0.25) is 4.90 Å². The normalized spacial score (nSPS) is 30.2. The van der Waals surface area contributed by atoms with Crippen LogP contribution in [-0.4, -0.2) is 74.9 Å². The molecule has 0 saturated carbocycles. The molecule has 0 radical (unpaired) electrons. The lowest BCUT2D eigenvalue weighted by atomic mass is 10.2. The van der Waals surface area contributed by atoms with E-state index in [0.717, 1.165) is 26.2 Å².